The quantitative estimate of drug-likeness (QED) is 0.309. The topological polar surface area (TPSA) is 59.8 Å². The Hall–Kier alpha value is -3.12. The molecule has 1 N–H and O–H groups in total. The molecule has 35 heavy (non-hydrogen) atoms. The van der Waals surface area contributed by atoms with Gasteiger partial charge in [0.1, 0.15) is 0 Å². The van der Waals surface area contributed by atoms with Gasteiger partial charge in [0.05, 0.1) is 23.8 Å². The molecular formula is C29H32N4OS. The van der Waals surface area contributed by atoms with Crippen molar-refractivity contribution in [1.82, 2.24) is 19.9 Å². The maximum absolute atomic E-state index is 12.8. The summed E-state index contributed by atoms with van der Waals surface area (Å²) in [6.07, 6.45) is 8.44. The molecule has 4 aromatic rings. The Morgan fingerprint density at radius 3 is 2.71 bits per heavy atom. The second-order valence-electron chi connectivity index (χ2n) is 9.66. The number of amides is 1. The minimum Gasteiger partial charge on any atom is -0.349 e. The number of nitrogens with one attached hydrogen (secondary N) is 1. The zero-order valence-corrected chi connectivity index (χ0v) is 21.2. The van der Waals surface area contributed by atoms with Crippen LogP contribution in [0, 0.1) is 12.8 Å². The summed E-state index contributed by atoms with van der Waals surface area (Å²) in [6.45, 7) is 5.12. The Bertz CT molecular complexity index is 1310. The molecule has 1 fully saturated rings. The highest BCUT2D eigenvalue weighted by atomic mass is 32.2. The van der Waals surface area contributed by atoms with E-state index >= 15 is 0 Å². The average molecular weight is 485 g/mol. The van der Waals surface area contributed by atoms with Gasteiger partial charge in [-0.05, 0) is 55.0 Å². The minimum atomic E-state index is 0.0374. The van der Waals surface area contributed by atoms with Crippen LogP contribution in [0.4, 0.5) is 0 Å². The highest BCUT2D eigenvalue weighted by Gasteiger charge is 2.23. The van der Waals surface area contributed by atoms with E-state index in [-0.39, 0.29) is 5.91 Å². The Labute approximate surface area is 211 Å². The largest absolute Gasteiger partial charge is 0.349 e. The molecule has 180 valence electrons. The summed E-state index contributed by atoms with van der Waals surface area (Å²) < 4.78 is 2.24. The number of fused-ring (bicyclic) bond motifs is 1. The number of carbonyl (C=O) groups is 1. The molecule has 0 bridgehead atoms. The lowest BCUT2D eigenvalue weighted by Crippen LogP contribution is -2.41. The number of benzene rings is 2. The summed E-state index contributed by atoms with van der Waals surface area (Å²) in [5.41, 5.74) is 6.40. The molecule has 0 radical (unpaired) electrons. The van der Waals surface area contributed by atoms with Crippen molar-refractivity contribution >= 4 is 28.7 Å². The molecule has 2 aromatic carbocycles. The molecule has 0 saturated heterocycles. The number of thioether (sulfide) groups is 1. The van der Waals surface area contributed by atoms with Crippen LogP contribution in [0.15, 0.2) is 72.1 Å². The van der Waals surface area contributed by atoms with Crippen molar-refractivity contribution in [2.75, 3.05) is 0 Å². The highest BCUT2D eigenvalue weighted by Crippen LogP contribution is 2.28. The van der Waals surface area contributed by atoms with Gasteiger partial charge in [-0.3, -0.25) is 9.78 Å². The van der Waals surface area contributed by atoms with E-state index in [0.29, 0.717) is 12.0 Å². The Morgan fingerprint density at radius 1 is 1.09 bits per heavy atom. The van der Waals surface area contributed by atoms with Crippen molar-refractivity contribution in [3.8, 4) is 0 Å². The van der Waals surface area contributed by atoms with Crippen molar-refractivity contribution < 1.29 is 4.79 Å². The number of imidazole rings is 1. The SMILES string of the molecule is Cc1cccc(Cn2c(SCc3ccc(C(=O)N[C@@H]4CCCC[C@H]4C)cc3)nc3ccncc32)c1. The average Bonchev–Trinajstić information content (AvgIpc) is 3.21. The monoisotopic (exact) mass is 484 g/mol. The smallest absolute Gasteiger partial charge is 0.251 e. The summed E-state index contributed by atoms with van der Waals surface area (Å²) in [4.78, 5) is 22.0. The third kappa shape index (κ3) is 5.59. The first-order valence-electron chi connectivity index (χ1n) is 12.5. The number of hydrogen-bond acceptors (Lipinski definition) is 4. The molecule has 5 nitrogen and oxygen atoms in total. The molecule has 2 heterocycles. The normalized spacial score (nSPS) is 18.0. The lowest BCUT2D eigenvalue weighted by atomic mass is 9.86. The Balaban J connectivity index is 1.28. The number of nitrogens with zero attached hydrogens (tertiary/aromatic N) is 3. The van der Waals surface area contributed by atoms with Crippen LogP contribution in [0.1, 0.15) is 59.7 Å². The summed E-state index contributed by atoms with van der Waals surface area (Å²) >= 11 is 1.72. The summed E-state index contributed by atoms with van der Waals surface area (Å²) in [5.74, 6) is 1.37. The third-order valence-corrected chi connectivity index (χ3v) is 8.00. The van der Waals surface area contributed by atoms with E-state index in [1.54, 1.807) is 18.0 Å². The first-order valence-corrected chi connectivity index (χ1v) is 13.4. The second kappa shape index (κ2) is 10.6. The molecule has 0 spiro atoms. The third-order valence-electron chi connectivity index (χ3n) is 6.95. The molecular weight excluding hydrogens is 452 g/mol. The second-order valence-corrected chi connectivity index (χ2v) is 10.6. The van der Waals surface area contributed by atoms with Crippen LogP contribution in [0.5, 0.6) is 0 Å². The van der Waals surface area contributed by atoms with Crippen molar-refractivity contribution in [1.29, 1.82) is 0 Å². The molecule has 6 heteroatoms. The molecule has 2 aromatic heterocycles. The van der Waals surface area contributed by atoms with Gasteiger partial charge in [-0.1, -0.05) is 73.5 Å². The number of aromatic nitrogens is 3. The number of carbonyl (C=O) groups excluding carboxylic acids is 1. The van der Waals surface area contributed by atoms with E-state index in [9.17, 15) is 4.79 Å². The van der Waals surface area contributed by atoms with Crippen LogP contribution in [0.25, 0.3) is 11.0 Å². The van der Waals surface area contributed by atoms with Gasteiger partial charge in [-0.25, -0.2) is 4.98 Å². The van der Waals surface area contributed by atoms with Gasteiger partial charge < -0.3 is 9.88 Å². The minimum absolute atomic E-state index is 0.0374. The predicted molar refractivity (Wildman–Crippen MR) is 143 cm³/mol. The molecule has 1 saturated carbocycles. The zero-order chi connectivity index (χ0) is 24.2. The first kappa shape index (κ1) is 23.6. The molecule has 2 atom stereocenters. The van der Waals surface area contributed by atoms with Crippen LogP contribution >= 0.6 is 11.8 Å². The van der Waals surface area contributed by atoms with Gasteiger partial charge in [0.25, 0.3) is 5.91 Å². The van der Waals surface area contributed by atoms with Gasteiger partial charge >= 0.3 is 0 Å². The van der Waals surface area contributed by atoms with E-state index < -0.39 is 0 Å². The first-order chi connectivity index (χ1) is 17.1. The van der Waals surface area contributed by atoms with Crippen LogP contribution in [-0.2, 0) is 12.3 Å². The van der Waals surface area contributed by atoms with Crippen LogP contribution in [0.3, 0.4) is 0 Å². The zero-order valence-electron chi connectivity index (χ0n) is 20.4. The molecule has 1 aliphatic carbocycles. The van der Waals surface area contributed by atoms with Crippen molar-refractivity contribution in [3.05, 3.63) is 89.2 Å². The highest BCUT2D eigenvalue weighted by molar-refractivity contribution is 7.98. The maximum atomic E-state index is 12.8. The van der Waals surface area contributed by atoms with Gasteiger partial charge in [0, 0.05) is 23.6 Å². The fourth-order valence-corrected chi connectivity index (χ4v) is 5.86. The lowest BCUT2D eigenvalue weighted by molar-refractivity contribution is 0.0910. The molecule has 1 aliphatic rings. The van der Waals surface area contributed by atoms with Gasteiger partial charge in [-0.2, -0.15) is 0 Å². The van der Waals surface area contributed by atoms with E-state index in [4.69, 9.17) is 4.98 Å². The lowest BCUT2D eigenvalue weighted by Gasteiger charge is -2.29. The Kier molecular flexibility index (Phi) is 7.19. The summed E-state index contributed by atoms with van der Waals surface area (Å²) in [5, 5.41) is 4.22. The van der Waals surface area contributed by atoms with Crippen molar-refractivity contribution in [3.63, 3.8) is 0 Å². The van der Waals surface area contributed by atoms with E-state index in [1.807, 2.05) is 24.4 Å². The van der Waals surface area contributed by atoms with E-state index in [2.05, 4.69) is 65.1 Å². The molecule has 1 amide bonds. The Morgan fingerprint density at radius 2 is 1.91 bits per heavy atom. The van der Waals surface area contributed by atoms with E-state index in [1.165, 1.54) is 36.0 Å². The number of aryl methyl sites for hydroxylation is 1. The molecule has 5 rings (SSSR count). The van der Waals surface area contributed by atoms with Gasteiger partial charge in [0.2, 0.25) is 0 Å². The van der Waals surface area contributed by atoms with Crippen LogP contribution in [-0.4, -0.2) is 26.5 Å². The van der Waals surface area contributed by atoms with Gasteiger partial charge in [0.15, 0.2) is 5.16 Å². The number of rotatable bonds is 7. The standard InChI is InChI=1S/C29H32N4OS/c1-20-6-5-8-23(16-20)18-33-27-17-30-15-14-26(27)32-29(33)35-19-22-10-12-24(13-11-22)28(34)31-25-9-4-3-7-21(25)2/h5-6,8,10-17,21,25H,3-4,7,9,18-19H2,1-2H3,(H,31,34)/t21-,25-/m1/s1. The number of hydrogen-bond donors (Lipinski definition) is 1. The van der Waals surface area contributed by atoms with Crippen LogP contribution in [0.2, 0.25) is 0 Å². The summed E-state index contributed by atoms with van der Waals surface area (Å²) in [7, 11) is 0. The van der Waals surface area contributed by atoms with Crippen molar-refractivity contribution in [2.24, 2.45) is 5.92 Å². The fraction of sp³-hybridized carbons (Fsp3) is 0.345. The van der Waals surface area contributed by atoms with Crippen molar-refractivity contribution in [2.45, 2.75) is 63.0 Å². The predicted octanol–water partition coefficient (Wildman–Crippen LogP) is 6.39. The molecule has 0 aliphatic heterocycles. The van der Waals surface area contributed by atoms with E-state index in [0.717, 1.165) is 40.5 Å². The van der Waals surface area contributed by atoms with Gasteiger partial charge in [-0.15, -0.1) is 0 Å². The molecule has 0 unspecified atom stereocenters. The fourth-order valence-electron chi connectivity index (χ4n) is 4.89. The summed E-state index contributed by atoms with van der Waals surface area (Å²) in [6, 6.07) is 18.8. The maximum Gasteiger partial charge on any atom is 0.251 e. The van der Waals surface area contributed by atoms with Crippen LogP contribution < -0.4 is 5.32 Å². The number of pyridine rings is 1.